The van der Waals surface area contributed by atoms with Crippen LogP contribution < -0.4 is 4.90 Å². The minimum absolute atomic E-state index is 0.220. The predicted molar refractivity (Wildman–Crippen MR) is 104 cm³/mol. The SMILES string of the molecule is O=Cc1ccc(/C=C2\SC(=S)N(c3ccc(Cl)c(Cl)c3)C2=O)cc1. The number of thioether (sulfide) groups is 1. The van der Waals surface area contributed by atoms with Crippen molar-refractivity contribution in [2.24, 2.45) is 0 Å². The molecule has 3 rings (SSSR count). The lowest BCUT2D eigenvalue weighted by atomic mass is 10.1. The van der Waals surface area contributed by atoms with Crippen molar-refractivity contribution in [3.8, 4) is 0 Å². The van der Waals surface area contributed by atoms with Crippen molar-refractivity contribution >= 4 is 75.5 Å². The van der Waals surface area contributed by atoms with Crippen LogP contribution in [0, 0.1) is 0 Å². The first kappa shape index (κ1) is 17.2. The molecule has 2 aromatic rings. The number of nitrogens with zero attached hydrogens (tertiary/aromatic N) is 1. The standard InChI is InChI=1S/C17H9Cl2NO2S2/c18-13-6-5-12(8-14(13)19)20-16(22)15(24-17(20)23)7-10-1-3-11(9-21)4-2-10/h1-9H/b15-7-. The van der Waals surface area contributed by atoms with E-state index < -0.39 is 0 Å². The highest BCUT2D eigenvalue weighted by molar-refractivity contribution is 8.27. The fourth-order valence-corrected chi connectivity index (χ4v) is 3.73. The summed E-state index contributed by atoms with van der Waals surface area (Å²) in [6.45, 7) is 0. The first-order chi connectivity index (χ1) is 11.5. The average molecular weight is 394 g/mol. The highest BCUT2D eigenvalue weighted by Crippen LogP contribution is 2.37. The molecule has 0 N–H and O–H groups in total. The Balaban J connectivity index is 1.91. The van der Waals surface area contributed by atoms with Crippen LogP contribution in [0.3, 0.4) is 0 Å². The zero-order valence-corrected chi connectivity index (χ0v) is 15.2. The molecule has 1 aliphatic rings. The summed E-state index contributed by atoms with van der Waals surface area (Å²) in [6, 6.07) is 11.9. The number of benzene rings is 2. The Kier molecular flexibility index (Phi) is 5.06. The Morgan fingerprint density at radius 2 is 1.67 bits per heavy atom. The van der Waals surface area contributed by atoms with E-state index in [9.17, 15) is 9.59 Å². The summed E-state index contributed by atoms with van der Waals surface area (Å²) in [4.78, 5) is 25.3. The highest BCUT2D eigenvalue weighted by Gasteiger charge is 2.33. The number of halogens is 2. The van der Waals surface area contributed by atoms with E-state index in [1.807, 2.05) is 0 Å². The van der Waals surface area contributed by atoms with Crippen molar-refractivity contribution < 1.29 is 9.59 Å². The van der Waals surface area contributed by atoms with Gasteiger partial charge in [-0.1, -0.05) is 71.4 Å². The molecule has 0 saturated carbocycles. The highest BCUT2D eigenvalue weighted by atomic mass is 35.5. The number of carbonyl (C=O) groups excluding carboxylic acids is 2. The molecule has 0 unspecified atom stereocenters. The van der Waals surface area contributed by atoms with Gasteiger partial charge in [-0.3, -0.25) is 14.5 Å². The van der Waals surface area contributed by atoms with Crippen LogP contribution in [-0.2, 0) is 4.79 Å². The van der Waals surface area contributed by atoms with E-state index in [1.165, 1.54) is 16.7 Å². The number of anilines is 1. The molecule has 1 saturated heterocycles. The van der Waals surface area contributed by atoms with Gasteiger partial charge in [0, 0.05) is 5.56 Å². The van der Waals surface area contributed by atoms with Crippen molar-refractivity contribution in [2.75, 3.05) is 4.90 Å². The molecule has 120 valence electrons. The van der Waals surface area contributed by atoms with Gasteiger partial charge in [-0.15, -0.1) is 0 Å². The fourth-order valence-electron chi connectivity index (χ4n) is 2.14. The number of amides is 1. The van der Waals surface area contributed by atoms with E-state index in [4.69, 9.17) is 35.4 Å². The lowest BCUT2D eigenvalue weighted by molar-refractivity contribution is -0.113. The minimum atomic E-state index is -0.220. The summed E-state index contributed by atoms with van der Waals surface area (Å²) in [5.74, 6) is -0.220. The number of rotatable bonds is 3. The van der Waals surface area contributed by atoms with Gasteiger partial charge in [-0.05, 0) is 29.8 Å². The fraction of sp³-hybridized carbons (Fsp3) is 0. The van der Waals surface area contributed by atoms with Gasteiger partial charge in [-0.2, -0.15) is 0 Å². The summed E-state index contributed by atoms with van der Waals surface area (Å²) in [6.07, 6.45) is 2.51. The van der Waals surface area contributed by atoms with Gasteiger partial charge in [0.1, 0.15) is 6.29 Å². The second-order valence-corrected chi connectivity index (χ2v) is 7.39. The number of thiocarbonyl (C=S) groups is 1. The Morgan fingerprint density at radius 1 is 1.00 bits per heavy atom. The number of carbonyl (C=O) groups is 2. The van der Waals surface area contributed by atoms with Gasteiger partial charge in [0.15, 0.2) is 4.32 Å². The van der Waals surface area contributed by atoms with Crippen molar-refractivity contribution in [3.05, 3.63) is 68.5 Å². The van der Waals surface area contributed by atoms with Gasteiger partial charge in [0.25, 0.3) is 5.91 Å². The monoisotopic (exact) mass is 393 g/mol. The van der Waals surface area contributed by atoms with Crippen LogP contribution in [0.15, 0.2) is 47.4 Å². The van der Waals surface area contributed by atoms with Crippen LogP contribution in [0.4, 0.5) is 5.69 Å². The normalized spacial score (nSPS) is 16.1. The van der Waals surface area contributed by atoms with Gasteiger partial charge < -0.3 is 0 Å². The third-order valence-electron chi connectivity index (χ3n) is 3.33. The molecule has 2 aromatic carbocycles. The molecule has 0 atom stereocenters. The molecule has 0 spiro atoms. The van der Waals surface area contributed by atoms with Gasteiger partial charge in [0.2, 0.25) is 0 Å². The van der Waals surface area contributed by atoms with E-state index >= 15 is 0 Å². The number of hydrogen-bond donors (Lipinski definition) is 0. The van der Waals surface area contributed by atoms with Gasteiger partial charge >= 0.3 is 0 Å². The Hall–Kier alpha value is -1.66. The van der Waals surface area contributed by atoms with Crippen molar-refractivity contribution in [2.45, 2.75) is 0 Å². The summed E-state index contributed by atoms with van der Waals surface area (Å²) >= 11 is 18.5. The topological polar surface area (TPSA) is 37.4 Å². The summed E-state index contributed by atoms with van der Waals surface area (Å²) in [5.41, 5.74) is 1.97. The zero-order valence-electron chi connectivity index (χ0n) is 12.0. The van der Waals surface area contributed by atoms with E-state index in [1.54, 1.807) is 48.5 Å². The Bertz CT molecular complexity index is 879. The molecule has 0 aliphatic carbocycles. The van der Waals surface area contributed by atoms with E-state index in [0.29, 0.717) is 30.5 Å². The second kappa shape index (κ2) is 7.07. The molecule has 0 aromatic heterocycles. The number of aldehydes is 1. The van der Waals surface area contributed by atoms with Crippen molar-refractivity contribution in [3.63, 3.8) is 0 Å². The molecule has 1 amide bonds. The average Bonchev–Trinajstić information content (AvgIpc) is 2.85. The molecule has 1 heterocycles. The molecule has 1 aliphatic heterocycles. The summed E-state index contributed by atoms with van der Waals surface area (Å²) < 4.78 is 0.425. The lowest BCUT2D eigenvalue weighted by Crippen LogP contribution is -2.27. The van der Waals surface area contributed by atoms with Crippen LogP contribution in [0.5, 0.6) is 0 Å². The molecule has 1 fully saturated rings. The van der Waals surface area contributed by atoms with Crippen LogP contribution in [0.2, 0.25) is 10.0 Å². The Labute approximate surface area is 158 Å². The third-order valence-corrected chi connectivity index (χ3v) is 5.37. The number of hydrogen-bond acceptors (Lipinski definition) is 4. The first-order valence-electron chi connectivity index (χ1n) is 6.78. The summed E-state index contributed by atoms with van der Waals surface area (Å²) in [5, 5.41) is 0.772. The van der Waals surface area contributed by atoms with Gasteiger partial charge in [0.05, 0.1) is 20.6 Å². The van der Waals surface area contributed by atoms with Crippen molar-refractivity contribution in [1.82, 2.24) is 0 Å². The molecule has 7 heteroatoms. The van der Waals surface area contributed by atoms with E-state index in [-0.39, 0.29) is 5.91 Å². The van der Waals surface area contributed by atoms with Crippen LogP contribution in [-0.4, -0.2) is 16.5 Å². The molecular weight excluding hydrogens is 385 g/mol. The largest absolute Gasteiger partial charge is 0.298 e. The minimum Gasteiger partial charge on any atom is -0.298 e. The van der Waals surface area contributed by atoms with E-state index in [0.717, 1.165) is 11.8 Å². The van der Waals surface area contributed by atoms with Crippen molar-refractivity contribution in [1.29, 1.82) is 0 Å². The maximum Gasteiger partial charge on any atom is 0.270 e. The zero-order chi connectivity index (χ0) is 17.3. The smallest absolute Gasteiger partial charge is 0.270 e. The lowest BCUT2D eigenvalue weighted by Gasteiger charge is -2.15. The Morgan fingerprint density at radius 3 is 2.29 bits per heavy atom. The van der Waals surface area contributed by atoms with E-state index in [2.05, 4.69) is 0 Å². The molecular formula is C17H9Cl2NO2S2. The molecule has 3 nitrogen and oxygen atoms in total. The second-order valence-electron chi connectivity index (χ2n) is 4.90. The van der Waals surface area contributed by atoms with Crippen LogP contribution in [0.25, 0.3) is 6.08 Å². The summed E-state index contributed by atoms with van der Waals surface area (Å²) in [7, 11) is 0. The quantitative estimate of drug-likeness (QED) is 0.407. The first-order valence-corrected chi connectivity index (χ1v) is 8.76. The van der Waals surface area contributed by atoms with Gasteiger partial charge in [-0.25, -0.2) is 0 Å². The predicted octanol–water partition coefficient (Wildman–Crippen LogP) is 5.21. The van der Waals surface area contributed by atoms with Crippen LogP contribution in [0.1, 0.15) is 15.9 Å². The maximum atomic E-state index is 12.7. The third kappa shape index (κ3) is 3.39. The maximum absolute atomic E-state index is 12.7. The van der Waals surface area contributed by atoms with Crippen LogP contribution >= 0.6 is 47.2 Å². The molecule has 0 bridgehead atoms. The molecule has 0 radical (unpaired) electrons. The molecule has 24 heavy (non-hydrogen) atoms.